The van der Waals surface area contributed by atoms with Gasteiger partial charge in [-0.2, -0.15) is 5.10 Å². The number of hydrogen-bond donors (Lipinski definition) is 3. The lowest BCUT2D eigenvalue weighted by atomic mass is 9.79. The summed E-state index contributed by atoms with van der Waals surface area (Å²) in [5.41, 5.74) is 12.3. The van der Waals surface area contributed by atoms with Gasteiger partial charge in [0.25, 0.3) is 0 Å². The fourth-order valence-corrected chi connectivity index (χ4v) is 6.19. The van der Waals surface area contributed by atoms with Crippen molar-refractivity contribution in [1.29, 1.82) is 0 Å². The highest BCUT2D eigenvalue weighted by molar-refractivity contribution is 6.33. The number of aromatic nitrogens is 4. The van der Waals surface area contributed by atoms with E-state index in [0.717, 1.165) is 5.56 Å². The number of nitrogens with two attached hydrogens (primary N) is 2. The van der Waals surface area contributed by atoms with Crippen molar-refractivity contribution in [3.05, 3.63) is 58.8 Å². The molecule has 37 heavy (non-hydrogen) atoms. The molecular weight excluding hydrogens is 499 g/mol. The van der Waals surface area contributed by atoms with Crippen LogP contribution in [0.3, 0.4) is 0 Å². The number of hydrogen-bond acceptors (Lipinski definition) is 8. The second kappa shape index (κ2) is 7.97. The molecule has 1 aromatic carbocycles. The van der Waals surface area contributed by atoms with E-state index in [0.29, 0.717) is 47.2 Å². The van der Waals surface area contributed by atoms with Crippen molar-refractivity contribution >= 4 is 39.7 Å². The van der Waals surface area contributed by atoms with Crippen molar-refractivity contribution < 1.29 is 19.0 Å². The van der Waals surface area contributed by atoms with Crippen molar-refractivity contribution in [3.63, 3.8) is 0 Å². The van der Waals surface area contributed by atoms with E-state index in [1.54, 1.807) is 16.6 Å². The van der Waals surface area contributed by atoms with Crippen LogP contribution >= 0.6 is 11.6 Å². The second-order valence-corrected chi connectivity index (χ2v) is 11.3. The number of anilines is 2. The number of aliphatic hydroxyl groups is 1. The molecule has 6 rings (SSSR count). The lowest BCUT2D eigenvalue weighted by Crippen LogP contribution is -2.40. The number of benzene rings is 1. The van der Waals surface area contributed by atoms with Crippen LogP contribution in [0.5, 0.6) is 0 Å². The van der Waals surface area contributed by atoms with Crippen molar-refractivity contribution in [3.8, 4) is 0 Å². The van der Waals surface area contributed by atoms with E-state index in [1.165, 1.54) is 18.5 Å². The largest absolute Gasteiger partial charge is 0.382 e. The van der Waals surface area contributed by atoms with Crippen LogP contribution in [-0.4, -0.2) is 42.7 Å². The van der Waals surface area contributed by atoms with Gasteiger partial charge in [-0.3, -0.25) is 0 Å². The van der Waals surface area contributed by atoms with Gasteiger partial charge in [-0.1, -0.05) is 18.5 Å². The smallest absolute Gasteiger partial charge is 0.163 e. The van der Waals surface area contributed by atoms with Gasteiger partial charge in [0.15, 0.2) is 11.6 Å². The Morgan fingerprint density at radius 3 is 2.68 bits per heavy atom. The molecule has 4 aromatic rings. The first-order chi connectivity index (χ1) is 17.4. The van der Waals surface area contributed by atoms with Crippen LogP contribution in [0.15, 0.2) is 36.7 Å². The Balaban J connectivity index is 1.36. The molecule has 0 radical (unpaired) electrons. The quantitative estimate of drug-likeness (QED) is 0.363. The highest BCUT2D eigenvalue weighted by atomic mass is 35.5. The van der Waals surface area contributed by atoms with Gasteiger partial charge in [-0.25, -0.2) is 18.9 Å². The third kappa shape index (κ3) is 3.73. The van der Waals surface area contributed by atoms with Crippen molar-refractivity contribution in [2.45, 2.75) is 63.6 Å². The zero-order valence-electron chi connectivity index (χ0n) is 20.7. The molecule has 0 spiro atoms. The third-order valence-corrected chi connectivity index (χ3v) is 8.06. The van der Waals surface area contributed by atoms with E-state index in [1.807, 2.05) is 19.9 Å². The summed E-state index contributed by atoms with van der Waals surface area (Å²) >= 11 is 6.03. The lowest BCUT2D eigenvalue weighted by Gasteiger charge is -2.33. The van der Waals surface area contributed by atoms with Crippen LogP contribution in [0.4, 0.5) is 16.0 Å². The van der Waals surface area contributed by atoms with Gasteiger partial charge >= 0.3 is 0 Å². The van der Waals surface area contributed by atoms with Crippen LogP contribution in [0, 0.1) is 11.2 Å². The maximum Gasteiger partial charge on any atom is 0.163 e. The van der Waals surface area contributed by atoms with E-state index < -0.39 is 34.8 Å². The Bertz CT molecular complexity index is 1560. The number of rotatable bonds is 4. The van der Waals surface area contributed by atoms with E-state index in [9.17, 15) is 9.50 Å². The lowest BCUT2D eigenvalue weighted by molar-refractivity contribution is -0.192. The Labute approximate surface area is 217 Å². The Hall–Kier alpha value is -3.05. The van der Waals surface area contributed by atoms with Crippen LogP contribution < -0.4 is 11.5 Å². The summed E-state index contributed by atoms with van der Waals surface area (Å²) in [4.78, 5) is 8.30. The van der Waals surface area contributed by atoms with Gasteiger partial charge in [0.1, 0.15) is 35.2 Å². The standard InChI is InChI=1S/C26H28ClFN6O3/c1-24(2)36-20-21(37-24)26(35,19-5-4-18-23(30)31-12-32-34(18)19)11-25(20,3)7-6-13-8-16(28)14-10-15(27)22(29)33-17(14)9-13/h4-5,8-10,12,20-21,35H,6-7,11H2,1-3H3,(H2,29,33)(H2,30,31,32)/t20-,21+,25-,26+/m0/s1. The van der Waals surface area contributed by atoms with E-state index in [2.05, 4.69) is 22.0 Å². The minimum Gasteiger partial charge on any atom is -0.382 e. The van der Waals surface area contributed by atoms with Gasteiger partial charge in [0.2, 0.25) is 0 Å². The molecule has 0 bridgehead atoms. The van der Waals surface area contributed by atoms with Gasteiger partial charge in [0, 0.05) is 10.8 Å². The number of halogens is 2. The number of nitrogens with zero attached hydrogens (tertiary/aromatic N) is 4. The van der Waals surface area contributed by atoms with Crippen LogP contribution in [0.1, 0.15) is 44.9 Å². The van der Waals surface area contributed by atoms with Crippen molar-refractivity contribution in [1.82, 2.24) is 19.6 Å². The normalized spacial score (nSPS) is 28.8. The zero-order valence-corrected chi connectivity index (χ0v) is 21.5. The molecule has 2 aliphatic rings. The molecule has 1 saturated heterocycles. The first kappa shape index (κ1) is 24.3. The molecular formula is C26H28ClFN6O3. The highest BCUT2D eigenvalue weighted by Gasteiger charge is 2.66. The molecule has 5 N–H and O–H groups in total. The molecule has 4 heterocycles. The average Bonchev–Trinajstić information content (AvgIpc) is 3.46. The summed E-state index contributed by atoms with van der Waals surface area (Å²) in [6, 6.07) is 8.40. The summed E-state index contributed by atoms with van der Waals surface area (Å²) in [5, 5.41) is 17.1. The van der Waals surface area contributed by atoms with Gasteiger partial charge in [-0.05, 0) is 69.0 Å². The number of aryl methyl sites for hydroxylation is 1. The SMILES string of the molecule is CC1(C)O[C@@H]2[C@H](O1)[C@@](C)(CCc1cc(F)c3cc(Cl)c(N)nc3c1)C[C@@]2(O)c1ccc2c(N)ncnn12. The summed E-state index contributed by atoms with van der Waals surface area (Å²) < 4.78 is 29.2. The summed E-state index contributed by atoms with van der Waals surface area (Å²) in [7, 11) is 0. The summed E-state index contributed by atoms with van der Waals surface area (Å²) in [5.74, 6) is -0.822. The minimum absolute atomic E-state index is 0.156. The molecule has 2 fully saturated rings. The zero-order chi connectivity index (χ0) is 26.3. The summed E-state index contributed by atoms with van der Waals surface area (Å²) in [6.45, 7) is 5.74. The predicted octanol–water partition coefficient (Wildman–Crippen LogP) is 3.98. The molecule has 9 nitrogen and oxygen atoms in total. The number of nitrogen functional groups attached to an aromatic ring is 2. The fourth-order valence-electron chi connectivity index (χ4n) is 6.03. The number of pyridine rings is 1. The third-order valence-electron chi connectivity index (χ3n) is 7.76. The van der Waals surface area contributed by atoms with Gasteiger partial charge in [-0.15, -0.1) is 0 Å². The van der Waals surface area contributed by atoms with Crippen LogP contribution in [0.2, 0.25) is 5.02 Å². The molecule has 1 aliphatic heterocycles. The maximum atomic E-state index is 14.9. The van der Waals surface area contributed by atoms with Crippen LogP contribution in [-0.2, 0) is 21.5 Å². The van der Waals surface area contributed by atoms with Crippen molar-refractivity contribution in [2.75, 3.05) is 11.5 Å². The topological polar surface area (TPSA) is 134 Å². The van der Waals surface area contributed by atoms with Gasteiger partial charge < -0.3 is 26.0 Å². The Morgan fingerprint density at radius 1 is 1.14 bits per heavy atom. The number of ether oxygens (including phenoxy) is 2. The highest BCUT2D eigenvalue weighted by Crippen LogP contribution is 2.58. The molecule has 4 atom stereocenters. The van der Waals surface area contributed by atoms with Gasteiger partial charge in [0.05, 0.1) is 22.3 Å². The fraction of sp³-hybridized carbons (Fsp3) is 0.423. The first-order valence-electron chi connectivity index (χ1n) is 12.1. The molecule has 1 saturated carbocycles. The maximum absolute atomic E-state index is 14.9. The Kier molecular flexibility index (Phi) is 5.24. The first-order valence-corrected chi connectivity index (χ1v) is 12.5. The molecule has 3 aromatic heterocycles. The minimum atomic E-state index is -1.40. The van der Waals surface area contributed by atoms with E-state index in [4.69, 9.17) is 32.5 Å². The second-order valence-electron chi connectivity index (χ2n) is 10.9. The van der Waals surface area contributed by atoms with E-state index in [-0.39, 0.29) is 10.8 Å². The summed E-state index contributed by atoms with van der Waals surface area (Å²) in [6.07, 6.45) is 1.79. The molecule has 194 valence electrons. The molecule has 11 heteroatoms. The predicted molar refractivity (Wildman–Crippen MR) is 137 cm³/mol. The number of fused-ring (bicyclic) bond motifs is 3. The molecule has 1 aliphatic carbocycles. The molecule has 0 amide bonds. The van der Waals surface area contributed by atoms with Crippen molar-refractivity contribution in [2.24, 2.45) is 5.41 Å². The average molecular weight is 527 g/mol. The van der Waals surface area contributed by atoms with E-state index >= 15 is 0 Å². The Morgan fingerprint density at radius 2 is 1.89 bits per heavy atom. The van der Waals surface area contributed by atoms with Crippen LogP contribution in [0.25, 0.3) is 16.4 Å². The molecule has 0 unspecified atom stereocenters. The monoisotopic (exact) mass is 526 g/mol.